The van der Waals surface area contributed by atoms with Gasteiger partial charge in [-0.05, 0) is 23.5 Å². The van der Waals surface area contributed by atoms with Gasteiger partial charge < -0.3 is 14.5 Å². The molecule has 5 nitrogen and oxygen atoms in total. The molecule has 0 radical (unpaired) electrons. The number of carbonyl (C=O) groups is 2. The third kappa shape index (κ3) is 4.03. The van der Waals surface area contributed by atoms with Crippen LogP contribution in [0.2, 0.25) is 0 Å². The van der Waals surface area contributed by atoms with Crippen molar-refractivity contribution in [2.75, 3.05) is 33.3 Å². The van der Waals surface area contributed by atoms with Gasteiger partial charge in [0.1, 0.15) is 6.10 Å². The zero-order valence-electron chi connectivity index (χ0n) is 15.4. The summed E-state index contributed by atoms with van der Waals surface area (Å²) in [5, 5.41) is 0. The largest absolute Gasteiger partial charge is 0.371 e. The Kier molecular flexibility index (Phi) is 5.42. The van der Waals surface area contributed by atoms with Crippen molar-refractivity contribution in [1.29, 1.82) is 0 Å². The summed E-state index contributed by atoms with van der Waals surface area (Å²) in [5.41, 5.74) is 2.48. The first-order valence-electron chi connectivity index (χ1n) is 9.18. The van der Waals surface area contributed by atoms with Gasteiger partial charge in [0.2, 0.25) is 11.8 Å². The maximum absolute atomic E-state index is 12.8. The molecule has 136 valence electrons. The van der Waals surface area contributed by atoms with Gasteiger partial charge in [-0.3, -0.25) is 9.59 Å². The second-order valence-electron chi connectivity index (χ2n) is 7.62. The minimum absolute atomic E-state index is 0.0475. The number of hydrogen-bond donors (Lipinski definition) is 0. The van der Waals surface area contributed by atoms with E-state index in [9.17, 15) is 9.59 Å². The Hall–Kier alpha value is -1.88. The zero-order chi connectivity index (χ0) is 18.0. The van der Waals surface area contributed by atoms with Crippen LogP contribution in [0.1, 0.15) is 37.5 Å². The Morgan fingerprint density at radius 3 is 2.88 bits per heavy atom. The van der Waals surface area contributed by atoms with Crippen LogP contribution in [-0.4, -0.2) is 54.9 Å². The lowest BCUT2D eigenvalue weighted by molar-refractivity contribution is -0.136. The normalized spacial score (nSPS) is 23.0. The highest BCUT2D eigenvalue weighted by molar-refractivity contribution is 5.89. The Balaban J connectivity index is 1.62. The van der Waals surface area contributed by atoms with Gasteiger partial charge in [0.05, 0.1) is 19.1 Å². The molecule has 3 rings (SSSR count). The van der Waals surface area contributed by atoms with Crippen LogP contribution in [-0.2, 0) is 20.7 Å². The third-order valence-electron chi connectivity index (χ3n) is 5.06. The first-order chi connectivity index (χ1) is 12.0. The molecule has 0 aliphatic carbocycles. The van der Waals surface area contributed by atoms with E-state index >= 15 is 0 Å². The molecule has 25 heavy (non-hydrogen) atoms. The molecule has 0 aromatic heterocycles. The predicted molar refractivity (Wildman–Crippen MR) is 96.0 cm³/mol. The molecular weight excluding hydrogens is 316 g/mol. The van der Waals surface area contributed by atoms with Crippen molar-refractivity contribution in [2.45, 2.75) is 32.8 Å². The first kappa shape index (κ1) is 17.9. The van der Waals surface area contributed by atoms with Crippen molar-refractivity contribution >= 4 is 11.8 Å². The molecule has 1 aromatic carbocycles. The van der Waals surface area contributed by atoms with Crippen molar-refractivity contribution in [3.05, 3.63) is 35.4 Å². The van der Waals surface area contributed by atoms with E-state index in [4.69, 9.17) is 4.74 Å². The van der Waals surface area contributed by atoms with E-state index < -0.39 is 0 Å². The van der Waals surface area contributed by atoms with Gasteiger partial charge in [-0.2, -0.15) is 0 Å². The number of rotatable bonds is 5. The van der Waals surface area contributed by atoms with Crippen molar-refractivity contribution in [1.82, 2.24) is 9.80 Å². The molecule has 2 amide bonds. The number of carbonyl (C=O) groups excluding carboxylic acids is 2. The van der Waals surface area contributed by atoms with E-state index in [1.165, 1.54) is 11.1 Å². The molecule has 1 fully saturated rings. The van der Waals surface area contributed by atoms with Gasteiger partial charge in [-0.15, -0.1) is 0 Å². The van der Waals surface area contributed by atoms with E-state index in [-0.39, 0.29) is 23.8 Å². The highest BCUT2D eigenvalue weighted by Gasteiger charge is 2.36. The summed E-state index contributed by atoms with van der Waals surface area (Å²) in [6.07, 6.45) is 1.17. The van der Waals surface area contributed by atoms with Crippen LogP contribution < -0.4 is 0 Å². The van der Waals surface area contributed by atoms with Gasteiger partial charge in [0, 0.05) is 26.6 Å². The summed E-state index contributed by atoms with van der Waals surface area (Å²) in [6.45, 7) is 6.67. The Bertz CT molecular complexity index is 644. The Morgan fingerprint density at radius 2 is 2.12 bits per heavy atom. The van der Waals surface area contributed by atoms with Crippen LogP contribution in [0.4, 0.5) is 0 Å². The second kappa shape index (κ2) is 7.56. The lowest BCUT2D eigenvalue weighted by atomic mass is 9.97. The topological polar surface area (TPSA) is 49.9 Å². The first-order valence-corrected chi connectivity index (χ1v) is 9.18. The van der Waals surface area contributed by atoms with Crippen LogP contribution in [0.25, 0.3) is 0 Å². The average molecular weight is 344 g/mol. The fourth-order valence-corrected chi connectivity index (χ4v) is 3.83. The zero-order valence-corrected chi connectivity index (χ0v) is 15.4. The molecule has 2 heterocycles. The van der Waals surface area contributed by atoms with Crippen LogP contribution >= 0.6 is 0 Å². The smallest absolute Gasteiger partial charge is 0.227 e. The highest BCUT2D eigenvalue weighted by atomic mass is 16.5. The van der Waals surface area contributed by atoms with E-state index in [0.29, 0.717) is 32.0 Å². The third-order valence-corrected chi connectivity index (χ3v) is 5.06. The molecule has 0 spiro atoms. The highest BCUT2D eigenvalue weighted by Crippen LogP contribution is 2.28. The molecule has 2 aliphatic heterocycles. The number of fused-ring (bicyclic) bond motifs is 1. The summed E-state index contributed by atoms with van der Waals surface area (Å²) >= 11 is 0. The monoisotopic (exact) mass is 344 g/mol. The maximum Gasteiger partial charge on any atom is 0.227 e. The molecule has 0 saturated carbocycles. The molecule has 0 bridgehead atoms. The van der Waals surface area contributed by atoms with Gasteiger partial charge >= 0.3 is 0 Å². The van der Waals surface area contributed by atoms with Gasteiger partial charge in [0.25, 0.3) is 0 Å². The van der Waals surface area contributed by atoms with Crippen LogP contribution in [0, 0.1) is 11.8 Å². The van der Waals surface area contributed by atoms with Crippen LogP contribution in [0.5, 0.6) is 0 Å². The Labute approximate surface area is 149 Å². The summed E-state index contributed by atoms with van der Waals surface area (Å²) in [5.74, 6) is 0.337. The van der Waals surface area contributed by atoms with Crippen LogP contribution in [0.3, 0.4) is 0 Å². The summed E-state index contributed by atoms with van der Waals surface area (Å²) in [7, 11) is 1.82. The summed E-state index contributed by atoms with van der Waals surface area (Å²) in [6, 6.07) is 8.28. The van der Waals surface area contributed by atoms with Crippen molar-refractivity contribution in [3.63, 3.8) is 0 Å². The van der Waals surface area contributed by atoms with E-state index in [1.54, 1.807) is 4.90 Å². The molecule has 1 saturated heterocycles. The minimum Gasteiger partial charge on any atom is -0.371 e. The molecule has 1 aromatic rings. The molecule has 2 unspecified atom stereocenters. The number of benzene rings is 1. The second-order valence-corrected chi connectivity index (χ2v) is 7.62. The minimum atomic E-state index is -0.227. The predicted octanol–water partition coefficient (Wildman–Crippen LogP) is 2.26. The summed E-state index contributed by atoms with van der Waals surface area (Å²) in [4.78, 5) is 28.5. The SMILES string of the molecule is CC(C)CN1CC(C(=O)N(C)CC2OCCc3ccccc32)CC1=O. The average Bonchev–Trinajstić information content (AvgIpc) is 2.94. The van der Waals surface area contributed by atoms with Crippen molar-refractivity contribution in [2.24, 2.45) is 11.8 Å². The summed E-state index contributed by atoms with van der Waals surface area (Å²) < 4.78 is 5.91. The molecule has 5 heteroatoms. The fraction of sp³-hybridized carbons (Fsp3) is 0.600. The number of nitrogens with zero attached hydrogens (tertiary/aromatic N) is 2. The fourth-order valence-electron chi connectivity index (χ4n) is 3.83. The van der Waals surface area contributed by atoms with Crippen LogP contribution in [0.15, 0.2) is 24.3 Å². The molecule has 2 atom stereocenters. The maximum atomic E-state index is 12.8. The number of ether oxygens (including phenoxy) is 1. The Morgan fingerprint density at radius 1 is 1.36 bits per heavy atom. The number of amides is 2. The van der Waals surface area contributed by atoms with E-state index in [1.807, 2.05) is 24.1 Å². The number of likely N-dealkylation sites (N-methyl/N-ethyl adjacent to an activating group) is 1. The van der Waals surface area contributed by atoms with E-state index in [2.05, 4.69) is 26.0 Å². The molecule has 2 aliphatic rings. The quantitative estimate of drug-likeness (QED) is 0.823. The van der Waals surface area contributed by atoms with Gasteiger partial charge in [-0.25, -0.2) is 0 Å². The van der Waals surface area contributed by atoms with Gasteiger partial charge in [-0.1, -0.05) is 38.1 Å². The number of likely N-dealkylation sites (tertiary alicyclic amines) is 1. The molecular formula is C20H28N2O3. The van der Waals surface area contributed by atoms with Crippen molar-refractivity contribution < 1.29 is 14.3 Å². The van der Waals surface area contributed by atoms with E-state index in [0.717, 1.165) is 13.0 Å². The lowest BCUT2D eigenvalue weighted by Crippen LogP contribution is -2.38. The standard InChI is InChI=1S/C20H28N2O3/c1-14(2)11-22-12-16(10-19(22)23)20(24)21(3)13-18-17-7-5-4-6-15(17)8-9-25-18/h4-7,14,16,18H,8-13H2,1-3H3. The van der Waals surface area contributed by atoms with Crippen molar-refractivity contribution in [3.8, 4) is 0 Å². The number of hydrogen-bond acceptors (Lipinski definition) is 3. The lowest BCUT2D eigenvalue weighted by Gasteiger charge is -2.30. The molecule has 0 N–H and O–H groups in total. The van der Waals surface area contributed by atoms with Gasteiger partial charge in [0.15, 0.2) is 0 Å².